The zero-order chi connectivity index (χ0) is 20.8. The Morgan fingerprint density at radius 1 is 0.900 bits per heavy atom. The third kappa shape index (κ3) is 4.12. The molecule has 2 heterocycles. The molecule has 4 aromatic rings. The van der Waals surface area contributed by atoms with E-state index in [1.165, 1.54) is 33.3 Å². The second kappa shape index (κ2) is 8.45. The predicted octanol–water partition coefficient (Wildman–Crippen LogP) is 7.74. The topological polar surface area (TPSA) is 17.8 Å². The summed E-state index contributed by atoms with van der Waals surface area (Å²) in [6.45, 7) is 12.0. The Hall–Kier alpha value is -2.29. The average Bonchev–Trinajstić information content (AvgIpc) is 2.93. The Bertz CT molecular complexity index is 1170. The molecule has 156 valence electrons. The third-order valence-electron chi connectivity index (χ3n) is 5.82. The summed E-state index contributed by atoms with van der Waals surface area (Å²) in [5, 5.41) is 2.00. The molecule has 0 aliphatic rings. The number of fused-ring (bicyclic) bond motifs is 1. The van der Waals surface area contributed by atoms with Crippen LogP contribution < -0.4 is 0 Å². The van der Waals surface area contributed by atoms with Crippen molar-refractivity contribution in [2.24, 2.45) is 0 Å². The van der Waals surface area contributed by atoms with Crippen LogP contribution in [0.3, 0.4) is 0 Å². The summed E-state index contributed by atoms with van der Waals surface area (Å²) in [5.74, 6) is 0. The van der Waals surface area contributed by atoms with Crippen LogP contribution in [0.5, 0.6) is 0 Å². The van der Waals surface area contributed by atoms with E-state index in [9.17, 15) is 0 Å². The lowest BCUT2D eigenvalue weighted by molar-refractivity contribution is 0.590. The Morgan fingerprint density at radius 3 is 2.13 bits per heavy atom. The lowest BCUT2D eigenvalue weighted by Gasteiger charge is -2.19. The lowest BCUT2D eigenvalue weighted by Crippen LogP contribution is -2.11. The number of aromatic nitrogens is 2. The molecule has 0 saturated carbocycles. The number of halogens is 2. The van der Waals surface area contributed by atoms with Crippen molar-refractivity contribution < 1.29 is 0 Å². The number of pyridine rings is 1. The summed E-state index contributed by atoms with van der Waals surface area (Å²) in [4.78, 5) is 4.75. The van der Waals surface area contributed by atoms with E-state index in [1.807, 2.05) is 30.5 Å². The minimum Gasteiger partial charge on any atom is -0.338 e. The fourth-order valence-electron chi connectivity index (χ4n) is 3.90. The molecule has 4 rings (SSSR count). The average molecular weight is 439 g/mol. The summed E-state index contributed by atoms with van der Waals surface area (Å²) in [5.41, 5.74) is 8.68. The van der Waals surface area contributed by atoms with Gasteiger partial charge in [-0.25, -0.2) is 0 Å². The normalized spacial score (nSPS) is 11.5. The quantitative estimate of drug-likeness (QED) is 0.319. The second-order valence-electron chi connectivity index (χ2n) is 8.81. The molecular weight excluding hydrogens is 411 g/mol. The van der Waals surface area contributed by atoms with Gasteiger partial charge in [0.25, 0.3) is 0 Å². The number of hydrogen-bond acceptors (Lipinski definition) is 1. The molecule has 4 heteroatoms. The van der Waals surface area contributed by atoms with Gasteiger partial charge in [-0.2, -0.15) is 0 Å². The number of nitrogens with zero attached hydrogens (tertiary/aromatic N) is 2. The maximum Gasteiger partial charge on any atom is 0.0945 e. The van der Waals surface area contributed by atoms with Crippen molar-refractivity contribution in [2.45, 2.75) is 46.6 Å². The minimum atomic E-state index is 0. The molecule has 2 nitrogen and oxygen atoms in total. The van der Waals surface area contributed by atoms with Crippen LogP contribution in [0.2, 0.25) is 5.02 Å². The zero-order valence-electron chi connectivity index (χ0n) is 18.2. The minimum absolute atomic E-state index is 0. The van der Waals surface area contributed by atoms with Gasteiger partial charge < -0.3 is 4.57 Å². The molecule has 0 amide bonds. The highest BCUT2D eigenvalue weighted by Gasteiger charge is 2.17. The van der Waals surface area contributed by atoms with Gasteiger partial charge in [-0.1, -0.05) is 68.8 Å². The Balaban J connectivity index is 0.00000256. The van der Waals surface area contributed by atoms with E-state index in [-0.39, 0.29) is 17.8 Å². The molecule has 0 unspecified atom stereocenters. The molecule has 30 heavy (non-hydrogen) atoms. The molecule has 0 saturated heterocycles. The smallest absolute Gasteiger partial charge is 0.0945 e. The van der Waals surface area contributed by atoms with E-state index >= 15 is 0 Å². The highest BCUT2D eigenvalue weighted by Crippen LogP contribution is 2.33. The number of aryl methyl sites for hydroxylation is 1. The van der Waals surface area contributed by atoms with E-state index in [2.05, 4.69) is 69.5 Å². The van der Waals surface area contributed by atoms with Gasteiger partial charge in [-0.05, 0) is 54.2 Å². The molecule has 0 radical (unpaired) electrons. The van der Waals surface area contributed by atoms with Crippen LogP contribution in [0.1, 0.15) is 43.2 Å². The Kier molecular flexibility index (Phi) is 6.31. The fourth-order valence-corrected chi connectivity index (χ4v) is 4.03. The molecule has 0 aliphatic carbocycles. The van der Waals surface area contributed by atoms with Crippen molar-refractivity contribution in [3.8, 4) is 11.3 Å². The van der Waals surface area contributed by atoms with Crippen LogP contribution in [0, 0.1) is 13.8 Å². The van der Waals surface area contributed by atoms with Gasteiger partial charge in [0.1, 0.15) is 0 Å². The first-order valence-electron chi connectivity index (χ1n) is 10.1. The zero-order valence-corrected chi connectivity index (χ0v) is 19.7. The van der Waals surface area contributed by atoms with E-state index in [4.69, 9.17) is 16.6 Å². The molecule has 0 N–H and O–H groups in total. The van der Waals surface area contributed by atoms with Gasteiger partial charge in [0, 0.05) is 34.4 Å². The largest absolute Gasteiger partial charge is 0.338 e. The SMILES string of the molecule is Cc1c(C)n(Cc2ccc(C(C)(C)C)cc2)c2c(-c3ccc(Cl)cc3)nccc12.Cl. The molecule has 2 aromatic carbocycles. The van der Waals surface area contributed by atoms with Crippen molar-refractivity contribution in [1.29, 1.82) is 0 Å². The van der Waals surface area contributed by atoms with Crippen molar-refractivity contribution in [2.75, 3.05) is 0 Å². The fraction of sp³-hybridized carbons (Fsp3) is 0.269. The van der Waals surface area contributed by atoms with E-state index in [0.29, 0.717) is 0 Å². The summed E-state index contributed by atoms with van der Waals surface area (Å²) in [6.07, 6.45) is 1.90. The molecule has 0 fully saturated rings. The van der Waals surface area contributed by atoms with Gasteiger partial charge in [0.15, 0.2) is 0 Å². The molecule has 0 atom stereocenters. The predicted molar refractivity (Wildman–Crippen MR) is 131 cm³/mol. The maximum atomic E-state index is 6.10. The number of hydrogen-bond donors (Lipinski definition) is 0. The van der Waals surface area contributed by atoms with Gasteiger partial charge in [0.2, 0.25) is 0 Å². The number of benzene rings is 2. The van der Waals surface area contributed by atoms with Gasteiger partial charge in [-0.15, -0.1) is 12.4 Å². The van der Waals surface area contributed by atoms with E-state index in [0.717, 1.165) is 22.8 Å². The highest BCUT2D eigenvalue weighted by molar-refractivity contribution is 6.30. The van der Waals surface area contributed by atoms with Crippen LogP contribution in [0.25, 0.3) is 22.2 Å². The summed E-state index contributed by atoms with van der Waals surface area (Å²) >= 11 is 6.10. The Labute approximate surface area is 190 Å². The molecule has 0 aliphatic heterocycles. The number of rotatable bonds is 3. The van der Waals surface area contributed by atoms with Gasteiger partial charge >= 0.3 is 0 Å². The van der Waals surface area contributed by atoms with Crippen LogP contribution in [0.4, 0.5) is 0 Å². The van der Waals surface area contributed by atoms with Crippen LogP contribution in [-0.2, 0) is 12.0 Å². The molecule has 0 bridgehead atoms. The van der Waals surface area contributed by atoms with Crippen molar-refractivity contribution in [3.05, 3.63) is 88.2 Å². The van der Waals surface area contributed by atoms with Crippen LogP contribution in [0.15, 0.2) is 60.8 Å². The molecule has 0 spiro atoms. The first-order valence-corrected chi connectivity index (χ1v) is 10.4. The molecule has 2 aromatic heterocycles. The van der Waals surface area contributed by atoms with Gasteiger partial charge in [0.05, 0.1) is 11.2 Å². The monoisotopic (exact) mass is 438 g/mol. The highest BCUT2D eigenvalue weighted by atomic mass is 35.5. The van der Waals surface area contributed by atoms with Crippen LogP contribution in [-0.4, -0.2) is 9.55 Å². The maximum absolute atomic E-state index is 6.10. The van der Waals surface area contributed by atoms with Crippen molar-refractivity contribution in [1.82, 2.24) is 9.55 Å². The Morgan fingerprint density at radius 2 is 1.53 bits per heavy atom. The second-order valence-corrected chi connectivity index (χ2v) is 9.24. The lowest BCUT2D eigenvalue weighted by atomic mass is 9.87. The van der Waals surface area contributed by atoms with E-state index in [1.54, 1.807) is 0 Å². The summed E-state index contributed by atoms with van der Waals surface area (Å²) < 4.78 is 2.40. The van der Waals surface area contributed by atoms with E-state index < -0.39 is 0 Å². The summed E-state index contributed by atoms with van der Waals surface area (Å²) in [7, 11) is 0. The first-order chi connectivity index (χ1) is 13.8. The summed E-state index contributed by atoms with van der Waals surface area (Å²) in [6, 6.07) is 19.1. The first kappa shape index (κ1) is 22.4. The third-order valence-corrected chi connectivity index (χ3v) is 6.08. The van der Waals surface area contributed by atoms with Crippen LogP contribution >= 0.6 is 24.0 Å². The van der Waals surface area contributed by atoms with Gasteiger partial charge in [-0.3, -0.25) is 4.98 Å². The van der Waals surface area contributed by atoms with Crippen molar-refractivity contribution in [3.63, 3.8) is 0 Å². The standard InChI is InChI=1S/C26H27ClN2.ClH/c1-17-18(2)29(16-19-6-10-21(11-7-19)26(3,4)5)25-23(17)14-15-28-24(25)20-8-12-22(27)13-9-20;/h6-15H,16H2,1-5H3;1H. The molecular formula is C26H28Cl2N2. The van der Waals surface area contributed by atoms with Crippen molar-refractivity contribution >= 4 is 34.9 Å².